The summed E-state index contributed by atoms with van der Waals surface area (Å²) in [6, 6.07) is 11.0. The molecule has 0 N–H and O–H groups in total. The van der Waals surface area contributed by atoms with Crippen LogP contribution in [0.2, 0.25) is 5.28 Å². The molecule has 0 saturated heterocycles. The molecule has 0 aliphatic heterocycles. The lowest BCUT2D eigenvalue weighted by Crippen LogP contribution is -1.90. The molecule has 0 atom stereocenters. The van der Waals surface area contributed by atoms with Gasteiger partial charge in [-0.05, 0) is 29.3 Å². The number of rotatable bonds is 3. The van der Waals surface area contributed by atoms with Crippen molar-refractivity contribution >= 4 is 11.6 Å². The van der Waals surface area contributed by atoms with Gasteiger partial charge in [-0.1, -0.05) is 12.1 Å². The number of aromatic nitrogens is 2. The zero-order valence-corrected chi connectivity index (χ0v) is 9.55. The van der Waals surface area contributed by atoms with Crippen LogP contribution in [0.5, 0.6) is 11.6 Å². The summed E-state index contributed by atoms with van der Waals surface area (Å²) >= 11 is 5.65. The third kappa shape index (κ3) is 3.16. The molecule has 1 aromatic heterocycles. The summed E-state index contributed by atoms with van der Waals surface area (Å²) in [7, 11) is 0. The Balaban J connectivity index is 2.19. The first-order valence-corrected chi connectivity index (χ1v) is 5.28. The van der Waals surface area contributed by atoms with Crippen molar-refractivity contribution in [2.75, 3.05) is 0 Å². The first kappa shape index (κ1) is 11.4. The van der Waals surface area contributed by atoms with Gasteiger partial charge in [0.2, 0.25) is 11.2 Å². The van der Waals surface area contributed by atoms with Crippen LogP contribution in [-0.4, -0.2) is 9.97 Å². The Bertz CT molecular complexity index is 566. The lowest BCUT2D eigenvalue weighted by atomic mass is 10.2. The minimum absolute atomic E-state index is 0.135. The molecule has 5 heteroatoms. The molecular weight excluding hydrogens is 238 g/mol. The molecule has 0 bridgehead atoms. The average molecular weight is 246 g/mol. The second-order valence-electron chi connectivity index (χ2n) is 3.25. The van der Waals surface area contributed by atoms with Crippen LogP contribution in [0.25, 0.3) is 0 Å². The Kier molecular flexibility index (Phi) is 3.53. The van der Waals surface area contributed by atoms with Gasteiger partial charge in [0.1, 0.15) is 5.75 Å². The van der Waals surface area contributed by atoms with E-state index in [-0.39, 0.29) is 5.28 Å². The molecule has 1 aromatic carbocycles. The lowest BCUT2D eigenvalue weighted by molar-refractivity contribution is 0.461. The zero-order valence-electron chi connectivity index (χ0n) is 8.80. The first-order valence-electron chi connectivity index (χ1n) is 4.90. The quantitative estimate of drug-likeness (QED) is 0.780. The van der Waals surface area contributed by atoms with E-state index in [0.29, 0.717) is 18.1 Å². The van der Waals surface area contributed by atoms with Gasteiger partial charge in [0.05, 0.1) is 12.5 Å². The van der Waals surface area contributed by atoms with Crippen molar-refractivity contribution in [2.24, 2.45) is 0 Å². The van der Waals surface area contributed by atoms with Crippen molar-refractivity contribution in [1.82, 2.24) is 9.97 Å². The van der Waals surface area contributed by atoms with Gasteiger partial charge in [-0.25, -0.2) is 4.98 Å². The minimum atomic E-state index is 0.135. The highest BCUT2D eigenvalue weighted by molar-refractivity contribution is 6.28. The summed E-state index contributed by atoms with van der Waals surface area (Å²) in [5.74, 6) is 0.992. The monoisotopic (exact) mass is 245 g/mol. The summed E-state index contributed by atoms with van der Waals surface area (Å²) in [5, 5.41) is 8.74. The molecule has 84 valence electrons. The van der Waals surface area contributed by atoms with E-state index in [1.807, 2.05) is 12.1 Å². The number of ether oxygens (including phenoxy) is 1. The number of hydrogen-bond acceptors (Lipinski definition) is 4. The summed E-state index contributed by atoms with van der Waals surface area (Å²) in [6.07, 6.45) is 1.87. The SMILES string of the molecule is N#CCc1cccc(Oc2ccnc(Cl)n2)c1. The summed E-state index contributed by atoms with van der Waals surface area (Å²) in [5.41, 5.74) is 0.894. The molecule has 0 saturated carbocycles. The lowest BCUT2D eigenvalue weighted by Gasteiger charge is -2.05. The second kappa shape index (κ2) is 5.28. The number of benzene rings is 1. The van der Waals surface area contributed by atoms with Crippen molar-refractivity contribution in [1.29, 1.82) is 5.26 Å². The molecule has 2 aromatic rings. The highest BCUT2D eigenvalue weighted by Gasteiger charge is 2.01. The Labute approximate surface area is 103 Å². The van der Waals surface area contributed by atoms with Gasteiger partial charge in [0, 0.05) is 12.3 Å². The molecule has 2 rings (SSSR count). The molecule has 0 fully saturated rings. The van der Waals surface area contributed by atoms with Gasteiger partial charge in [-0.2, -0.15) is 10.2 Å². The topological polar surface area (TPSA) is 58.8 Å². The van der Waals surface area contributed by atoms with Crippen molar-refractivity contribution in [3.63, 3.8) is 0 Å². The van der Waals surface area contributed by atoms with Gasteiger partial charge in [0.25, 0.3) is 0 Å². The molecular formula is C12H8ClN3O. The highest BCUT2D eigenvalue weighted by atomic mass is 35.5. The number of hydrogen-bond donors (Lipinski definition) is 0. The van der Waals surface area contributed by atoms with E-state index in [4.69, 9.17) is 21.6 Å². The van der Waals surface area contributed by atoms with Crippen LogP contribution in [0.3, 0.4) is 0 Å². The maximum Gasteiger partial charge on any atom is 0.225 e. The largest absolute Gasteiger partial charge is 0.439 e. The number of nitrogens with zero attached hydrogens (tertiary/aromatic N) is 3. The fourth-order valence-electron chi connectivity index (χ4n) is 1.31. The maximum absolute atomic E-state index is 8.61. The number of halogens is 1. The van der Waals surface area contributed by atoms with Crippen LogP contribution in [0.1, 0.15) is 5.56 Å². The molecule has 0 radical (unpaired) electrons. The fourth-order valence-corrected chi connectivity index (χ4v) is 1.45. The van der Waals surface area contributed by atoms with Crippen molar-refractivity contribution in [3.8, 4) is 17.7 Å². The predicted molar refractivity (Wildman–Crippen MR) is 62.9 cm³/mol. The fraction of sp³-hybridized carbons (Fsp3) is 0.0833. The van der Waals surface area contributed by atoms with Gasteiger partial charge < -0.3 is 4.74 Å². The van der Waals surface area contributed by atoms with E-state index in [0.717, 1.165) is 5.56 Å². The van der Waals surface area contributed by atoms with E-state index in [1.54, 1.807) is 18.2 Å². The van der Waals surface area contributed by atoms with Crippen molar-refractivity contribution in [2.45, 2.75) is 6.42 Å². The van der Waals surface area contributed by atoms with E-state index in [9.17, 15) is 0 Å². The molecule has 0 aliphatic rings. The van der Waals surface area contributed by atoms with Crippen LogP contribution in [0.4, 0.5) is 0 Å². The van der Waals surface area contributed by atoms with Crippen molar-refractivity contribution in [3.05, 3.63) is 47.4 Å². The minimum Gasteiger partial charge on any atom is -0.439 e. The van der Waals surface area contributed by atoms with Gasteiger partial charge in [0.15, 0.2) is 0 Å². The van der Waals surface area contributed by atoms with Crippen LogP contribution < -0.4 is 4.74 Å². The molecule has 17 heavy (non-hydrogen) atoms. The van der Waals surface area contributed by atoms with Crippen LogP contribution in [0, 0.1) is 11.3 Å². The molecule has 0 spiro atoms. The van der Waals surface area contributed by atoms with Gasteiger partial charge >= 0.3 is 0 Å². The molecule has 4 nitrogen and oxygen atoms in total. The van der Waals surface area contributed by atoms with E-state index >= 15 is 0 Å². The Morgan fingerprint density at radius 1 is 1.35 bits per heavy atom. The third-order valence-electron chi connectivity index (χ3n) is 2.00. The number of nitriles is 1. The van der Waals surface area contributed by atoms with E-state index in [2.05, 4.69) is 16.0 Å². The Hall–Kier alpha value is -2.12. The third-order valence-corrected chi connectivity index (χ3v) is 2.19. The van der Waals surface area contributed by atoms with Gasteiger partial charge in [-0.3, -0.25) is 0 Å². The van der Waals surface area contributed by atoms with E-state index < -0.39 is 0 Å². The highest BCUT2D eigenvalue weighted by Crippen LogP contribution is 2.21. The molecule has 0 unspecified atom stereocenters. The first-order chi connectivity index (χ1) is 8.28. The van der Waals surface area contributed by atoms with E-state index in [1.165, 1.54) is 6.20 Å². The van der Waals surface area contributed by atoms with Crippen LogP contribution in [-0.2, 0) is 6.42 Å². The Morgan fingerprint density at radius 3 is 3.00 bits per heavy atom. The Morgan fingerprint density at radius 2 is 2.24 bits per heavy atom. The molecule has 1 heterocycles. The maximum atomic E-state index is 8.61. The summed E-state index contributed by atoms with van der Waals surface area (Å²) in [6.45, 7) is 0. The van der Waals surface area contributed by atoms with Crippen molar-refractivity contribution < 1.29 is 4.74 Å². The van der Waals surface area contributed by atoms with Crippen LogP contribution in [0.15, 0.2) is 36.5 Å². The van der Waals surface area contributed by atoms with Crippen LogP contribution >= 0.6 is 11.6 Å². The molecule has 0 amide bonds. The second-order valence-corrected chi connectivity index (χ2v) is 3.59. The smallest absolute Gasteiger partial charge is 0.225 e. The summed E-state index contributed by atoms with van der Waals surface area (Å²) in [4.78, 5) is 7.67. The molecule has 0 aliphatic carbocycles. The average Bonchev–Trinajstić information content (AvgIpc) is 2.30. The summed E-state index contributed by atoms with van der Waals surface area (Å²) < 4.78 is 5.50. The standard InChI is InChI=1S/C12H8ClN3O/c13-12-15-7-5-11(16-12)17-10-3-1-2-9(8-10)4-6-14/h1-3,5,7-8H,4H2. The normalized spacial score (nSPS) is 9.65. The van der Waals surface area contributed by atoms with Gasteiger partial charge in [-0.15, -0.1) is 0 Å². The predicted octanol–water partition coefficient (Wildman–Crippen LogP) is 2.99. The zero-order chi connectivity index (χ0) is 12.1.